The molecule has 2 rings (SSSR count). The minimum Gasteiger partial charge on any atom is -0.392 e. The molecule has 1 aliphatic carbocycles. The van der Waals surface area contributed by atoms with Crippen LogP contribution in [0.5, 0.6) is 0 Å². The second kappa shape index (κ2) is 4.85. The summed E-state index contributed by atoms with van der Waals surface area (Å²) in [6, 6.07) is 3.14. The van der Waals surface area contributed by atoms with Gasteiger partial charge in [0.25, 0.3) is 0 Å². The van der Waals surface area contributed by atoms with E-state index >= 15 is 0 Å². The maximum Gasteiger partial charge on any atom is 0.130 e. The molecule has 18 heavy (non-hydrogen) atoms. The summed E-state index contributed by atoms with van der Waals surface area (Å²) >= 11 is 0. The standard InChI is InChI=1S/C16H21FO/c1-11-13(10-18)6-7-14(17)15(11)12-5-4-8-16(2,3)9-12/h6-7,9,18H,4-5,8,10H2,1-3H3. The van der Waals surface area contributed by atoms with E-state index in [9.17, 15) is 9.50 Å². The zero-order valence-electron chi connectivity index (χ0n) is 11.4. The van der Waals surface area contributed by atoms with Gasteiger partial charge in [0.1, 0.15) is 5.82 Å². The molecule has 0 heterocycles. The first-order valence-corrected chi connectivity index (χ1v) is 6.55. The lowest BCUT2D eigenvalue weighted by atomic mass is 9.77. The Labute approximate surface area is 108 Å². The fourth-order valence-electron chi connectivity index (χ4n) is 2.83. The summed E-state index contributed by atoms with van der Waals surface area (Å²) in [4.78, 5) is 0. The Bertz CT molecular complexity index is 486. The Morgan fingerprint density at radius 3 is 2.67 bits per heavy atom. The van der Waals surface area contributed by atoms with Crippen molar-refractivity contribution in [3.63, 3.8) is 0 Å². The quantitative estimate of drug-likeness (QED) is 0.830. The van der Waals surface area contributed by atoms with Crippen LogP contribution in [0, 0.1) is 18.2 Å². The van der Waals surface area contributed by atoms with Gasteiger partial charge in [0, 0.05) is 5.56 Å². The molecule has 0 atom stereocenters. The molecule has 0 radical (unpaired) electrons. The van der Waals surface area contributed by atoms with Crippen molar-refractivity contribution in [2.24, 2.45) is 5.41 Å². The van der Waals surface area contributed by atoms with Gasteiger partial charge < -0.3 is 5.11 Å². The van der Waals surface area contributed by atoms with Gasteiger partial charge in [0.2, 0.25) is 0 Å². The van der Waals surface area contributed by atoms with Gasteiger partial charge in [-0.15, -0.1) is 0 Å². The monoisotopic (exact) mass is 248 g/mol. The van der Waals surface area contributed by atoms with Gasteiger partial charge in [-0.05, 0) is 54.4 Å². The van der Waals surface area contributed by atoms with Crippen LogP contribution in [0.15, 0.2) is 18.2 Å². The van der Waals surface area contributed by atoms with E-state index in [1.807, 2.05) is 6.92 Å². The average Bonchev–Trinajstić information content (AvgIpc) is 2.28. The second-order valence-corrected chi connectivity index (χ2v) is 5.88. The first-order chi connectivity index (χ1) is 8.44. The Kier molecular flexibility index (Phi) is 3.58. The third kappa shape index (κ3) is 2.49. The van der Waals surface area contributed by atoms with Crippen molar-refractivity contribution < 1.29 is 9.50 Å². The van der Waals surface area contributed by atoms with Crippen LogP contribution in [0.3, 0.4) is 0 Å². The molecule has 1 aliphatic rings. The summed E-state index contributed by atoms with van der Waals surface area (Å²) in [5.74, 6) is -0.173. The first-order valence-electron chi connectivity index (χ1n) is 6.55. The van der Waals surface area contributed by atoms with E-state index in [1.54, 1.807) is 6.07 Å². The summed E-state index contributed by atoms with van der Waals surface area (Å²) in [6.07, 6.45) is 5.37. The fourth-order valence-corrected chi connectivity index (χ4v) is 2.83. The van der Waals surface area contributed by atoms with E-state index in [-0.39, 0.29) is 17.8 Å². The molecular formula is C16H21FO. The van der Waals surface area contributed by atoms with Crippen molar-refractivity contribution in [2.75, 3.05) is 0 Å². The summed E-state index contributed by atoms with van der Waals surface area (Å²) in [6.45, 7) is 6.24. The largest absolute Gasteiger partial charge is 0.392 e. The highest BCUT2D eigenvalue weighted by molar-refractivity contribution is 5.71. The van der Waals surface area contributed by atoms with Crippen LogP contribution in [0.25, 0.3) is 5.57 Å². The molecule has 0 bridgehead atoms. The van der Waals surface area contributed by atoms with Crippen molar-refractivity contribution in [3.05, 3.63) is 40.7 Å². The molecule has 0 amide bonds. The number of allylic oxidation sites excluding steroid dienone is 2. The molecule has 1 aromatic carbocycles. The normalized spacial score (nSPS) is 18.6. The second-order valence-electron chi connectivity index (χ2n) is 5.88. The first kappa shape index (κ1) is 13.3. The highest BCUT2D eigenvalue weighted by atomic mass is 19.1. The zero-order chi connectivity index (χ0) is 13.3. The molecule has 0 spiro atoms. The number of benzene rings is 1. The topological polar surface area (TPSA) is 20.2 Å². The molecule has 0 saturated carbocycles. The van der Waals surface area contributed by atoms with Crippen LogP contribution >= 0.6 is 0 Å². The lowest BCUT2D eigenvalue weighted by Gasteiger charge is -2.28. The number of aliphatic hydroxyl groups is 1. The molecule has 0 aromatic heterocycles. The van der Waals surface area contributed by atoms with E-state index in [4.69, 9.17) is 0 Å². The average molecular weight is 248 g/mol. The third-order valence-corrected chi connectivity index (χ3v) is 3.85. The number of hydrogen-bond acceptors (Lipinski definition) is 1. The number of hydrogen-bond donors (Lipinski definition) is 1. The smallest absolute Gasteiger partial charge is 0.130 e. The van der Waals surface area contributed by atoms with Gasteiger partial charge in [0.05, 0.1) is 6.61 Å². The Hall–Kier alpha value is -1.15. The molecule has 0 unspecified atom stereocenters. The minimum absolute atomic E-state index is 0.0320. The van der Waals surface area contributed by atoms with E-state index in [1.165, 1.54) is 6.07 Å². The molecule has 98 valence electrons. The molecule has 1 N–H and O–H groups in total. The van der Waals surface area contributed by atoms with Crippen molar-refractivity contribution >= 4 is 5.57 Å². The van der Waals surface area contributed by atoms with E-state index in [0.717, 1.165) is 36.0 Å². The van der Waals surface area contributed by atoms with Crippen LogP contribution in [-0.2, 0) is 6.61 Å². The van der Waals surface area contributed by atoms with Crippen LogP contribution in [-0.4, -0.2) is 5.11 Å². The van der Waals surface area contributed by atoms with Gasteiger partial charge in [-0.1, -0.05) is 26.0 Å². The molecular weight excluding hydrogens is 227 g/mol. The van der Waals surface area contributed by atoms with Gasteiger partial charge in [0.15, 0.2) is 0 Å². The predicted octanol–water partition coefficient (Wildman–Crippen LogP) is 4.22. The van der Waals surface area contributed by atoms with E-state index < -0.39 is 0 Å². The predicted molar refractivity (Wildman–Crippen MR) is 72.7 cm³/mol. The molecule has 1 aromatic rings. The SMILES string of the molecule is Cc1c(CO)ccc(F)c1C1=CC(C)(C)CCC1. The van der Waals surface area contributed by atoms with Gasteiger partial charge in [-0.25, -0.2) is 4.39 Å². The maximum atomic E-state index is 14.1. The highest BCUT2D eigenvalue weighted by Gasteiger charge is 2.23. The lowest BCUT2D eigenvalue weighted by molar-refractivity contribution is 0.281. The zero-order valence-corrected chi connectivity index (χ0v) is 11.4. The van der Waals surface area contributed by atoms with Gasteiger partial charge in [-0.2, -0.15) is 0 Å². The van der Waals surface area contributed by atoms with Crippen LogP contribution < -0.4 is 0 Å². The van der Waals surface area contributed by atoms with Gasteiger partial charge in [-0.3, -0.25) is 0 Å². The Morgan fingerprint density at radius 1 is 1.33 bits per heavy atom. The summed E-state index contributed by atoms with van der Waals surface area (Å²) in [7, 11) is 0. The molecule has 0 fully saturated rings. The van der Waals surface area contributed by atoms with Crippen molar-refractivity contribution in [1.82, 2.24) is 0 Å². The number of halogens is 1. The molecule has 0 aliphatic heterocycles. The van der Waals surface area contributed by atoms with Crippen molar-refractivity contribution in [1.29, 1.82) is 0 Å². The molecule has 1 nitrogen and oxygen atoms in total. The fraction of sp³-hybridized carbons (Fsp3) is 0.500. The third-order valence-electron chi connectivity index (χ3n) is 3.85. The minimum atomic E-state index is -0.173. The molecule has 0 saturated heterocycles. The maximum absolute atomic E-state index is 14.1. The van der Waals surface area contributed by atoms with Crippen LogP contribution in [0.2, 0.25) is 0 Å². The van der Waals surface area contributed by atoms with Crippen LogP contribution in [0.1, 0.15) is 49.8 Å². The van der Waals surface area contributed by atoms with Crippen molar-refractivity contribution in [2.45, 2.75) is 46.6 Å². The highest BCUT2D eigenvalue weighted by Crippen LogP contribution is 2.39. The van der Waals surface area contributed by atoms with Gasteiger partial charge >= 0.3 is 0 Å². The summed E-state index contributed by atoms with van der Waals surface area (Å²) in [5.41, 5.74) is 3.63. The number of aliphatic hydroxyl groups excluding tert-OH is 1. The van der Waals surface area contributed by atoms with Crippen LogP contribution in [0.4, 0.5) is 4.39 Å². The van der Waals surface area contributed by atoms with Crippen molar-refractivity contribution in [3.8, 4) is 0 Å². The Balaban J connectivity index is 2.54. The lowest BCUT2D eigenvalue weighted by Crippen LogP contribution is -2.14. The summed E-state index contributed by atoms with van der Waals surface area (Å²) < 4.78 is 14.1. The Morgan fingerprint density at radius 2 is 2.06 bits per heavy atom. The van der Waals surface area contributed by atoms with E-state index in [0.29, 0.717) is 5.56 Å². The van der Waals surface area contributed by atoms with E-state index in [2.05, 4.69) is 19.9 Å². The number of rotatable bonds is 2. The summed E-state index contributed by atoms with van der Waals surface area (Å²) in [5, 5.41) is 9.29. The molecule has 2 heteroatoms.